The Morgan fingerprint density at radius 3 is 1.89 bits per heavy atom. The van der Waals surface area contributed by atoms with Crippen LogP contribution in [0.5, 0.6) is 0 Å². The first-order valence-electron chi connectivity index (χ1n) is 10.8. The zero-order chi connectivity index (χ0) is 24.6. The number of rotatable bonds is 5. The molecule has 0 N–H and O–H groups in total. The molecule has 1 aliphatic rings. The van der Waals surface area contributed by atoms with Gasteiger partial charge in [0.15, 0.2) is 6.10 Å². The second-order valence-corrected chi connectivity index (χ2v) is 8.04. The third-order valence-electron chi connectivity index (χ3n) is 5.86. The van der Waals surface area contributed by atoms with E-state index < -0.39 is 42.6 Å². The second kappa shape index (κ2) is 8.79. The molecule has 4 aromatic carbocycles. The third-order valence-corrected chi connectivity index (χ3v) is 5.86. The second-order valence-electron chi connectivity index (χ2n) is 8.04. The fraction of sp³-hybridized carbons (Fsp3) is 0.148. The van der Waals surface area contributed by atoms with Gasteiger partial charge in [0.25, 0.3) is 0 Å². The van der Waals surface area contributed by atoms with Gasteiger partial charge in [-0.05, 0) is 33.7 Å². The van der Waals surface area contributed by atoms with Crippen LogP contribution in [0.1, 0.15) is 20.7 Å². The van der Waals surface area contributed by atoms with Crippen LogP contribution in [-0.2, 0) is 19.0 Å². The zero-order valence-electron chi connectivity index (χ0n) is 18.2. The van der Waals surface area contributed by atoms with Crippen LogP contribution in [0, 0.1) is 0 Å². The van der Waals surface area contributed by atoms with E-state index in [0.717, 1.165) is 5.39 Å². The van der Waals surface area contributed by atoms with E-state index in [1.54, 1.807) is 54.6 Å². The van der Waals surface area contributed by atoms with Gasteiger partial charge in [0.2, 0.25) is 6.10 Å². The Morgan fingerprint density at radius 2 is 1.29 bits per heavy atom. The van der Waals surface area contributed by atoms with Crippen molar-refractivity contribution in [3.63, 3.8) is 0 Å². The van der Waals surface area contributed by atoms with Gasteiger partial charge in [0, 0.05) is 0 Å². The number of carbonyl (C=O) groups excluding carboxylic acids is 3. The van der Waals surface area contributed by atoms with Gasteiger partial charge in [-0.2, -0.15) is 8.78 Å². The molecule has 1 heterocycles. The molecular formula is C27H18F2O6. The van der Waals surface area contributed by atoms with E-state index in [1.165, 1.54) is 12.1 Å². The van der Waals surface area contributed by atoms with Crippen LogP contribution in [0.3, 0.4) is 0 Å². The molecule has 0 unspecified atom stereocenters. The number of alkyl halides is 2. The molecule has 0 spiro atoms. The molecule has 1 aliphatic heterocycles. The molecule has 1 fully saturated rings. The third kappa shape index (κ3) is 4.07. The first-order valence-corrected chi connectivity index (χ1v) is 10.8. The minimum absolute atomic E-state index is 0.0600. The Morgan fingerprint density at radius 1 is 0.771 bits per heavy atom. The van der Waals surface area contributed by atoms with Gasteiger partial charge in [-0.15, -0.1) is 0 Å². The quantitative estimate of drug-likeness (QED) is 0.300. The average molecular weight is 476 g/mol. The number of halogens is 2. The summed E-state index contributed by atoms with van der Waals surface area (Å²) in [5, 5.41) is 2.64. The Kier molecular flexibility index (Phi) is 5.64. The van der Waals surface area contributed by atoms with Crippen molar-refractivity contribution in [3.05, 3.63) is 96.1 Å². The molecule has 35 heavy (non-hydrogen) atoms. The topological polar surface area (TPSA) is 78.9 Å². The monoisotopic (exact) mass is 476 g/mol. The molecule has 0 saturated carbocycles. The number of cyclic esters (lactones) is 1. The van der Waals surface area contributed by atoms with E-state index in [1.807, 2.05) is 18.2 Å². The fourth-order valence-corrected chi connectivity index (χ4v) is 4.12. The molecule has 4 aromatic rings. The van der Waals surface area contributed by atoms with Crippen LogP contribution < -0.4 is 0 Å². The van der Waals surface area contributed by atoms with Gasteiger partial charge in [-0.1, -0.05) is 72.8 Å². The Bertz CT molecular complexity index is 1450. The first kappa shape index (κ1) is 22.5. The predicted molar refractivity (Wildman–Crippen MR) is 122 cm³/mol. The Balaban J connectivity index is 1.36. The zero-order valence-corrected chi connectivity index (χ0v) is 18.2. The lowest BCUT2D eigenvalue weighted by Gasteiger charge is -2.21. The molecule has 8 heteroatoms. The van der Waals surface area contributed by atoms with Crippen molar-refractivity contribution in [1.82, 2.24) is 0 Å². The molecule has 176 valence electrons. The summed E-state index contributed by atoms with van der Waals surface area (Å²) < 4.78 is 44.3. The maximum Gasteiger partial charge on any atom is 0.382 e. The Hall–Kier alpha value is -4.33. The van der Waals surface area contributed by atoms with Crippen molar-refractivity contribution >= 4 is 39.5 Å². The summed E-state index contributed by atoms with van der Waals surface area (Å²) in [5.74, 6) is -7.78. The largest absolute Gasteiger partial charge is 0.458 e. The van der Waals surface area contributed by atoms with E-state index in [-0.39, 0.29) is 11.1 Å². The highest BCUT2D eigenvalue weighted by molar-refractivity contribution is 6.05. The minimum Gasteiger partial charge on any atom is -0.458 e. The lowest BCUT2D eigenvalue weighted by molar-refractivity contribution is -0.163. The van der Waals surface area contributed by atoms with E-state index in [4.69, 9.17) is 14.2 Å². The van der Waals surface area contributed by atoms with Gasteiger partial charge in [-0.25, -0.2) is 14.4 Å². The number of hydrogen-bond acceptors (Lipinski definition) is 6. The van der Waals surface area contributed by atoms with Crippen LogP contribution in [0.15, 0.2) is 84.9 Å². The summed E-state index contributed by atoms with van der Waals surface area (Å²) in [6, 6.07) is 23.8. The van der Waals surface area contributed by atoms with Crippen LogP contribution in [-0.4, -0.2) is 42.6 Å². The number of ether oxygens (including phenoxy) is 3. The normalized spacial score (nSPS) is 18.9. The molecule has 0 aliphatic carbocycles. The number of fused-ring (bicyclic) bond motifs is 2. The van der Waals surface area contributed by atoms with Gasteiger partial charge in [0.05, 0.1) is 11.1 Å². The highest BCUT2D eigenvalue weighted by Gasteiger charge is 2.63. The average Bonchev–Trinajstić information content (AvgIpc) is 3.09. The van der Waals surface area contributed by atoms with Crippen molar-refractivity contribution < 1.29 is 37.4 Å². The van der Waals surface area contributed by atoms with Crippen LogP contribution in [0.25, 0.3) is 21.5 Å². The maximum atomic E-state index is 14.6. The SMILES string of the molecule is O=C(OC[C@H]1OC(=O)C(F)(F)[C@@H]1OC(=O)c1cccc2ccccc12)c1cccc2ccccc12. The van der Waals surface area contributed by atoms with Crippen molar-refractivity contribution in [3.8, 4) is 0 Å². The molecule has 0 bridgehead atoms. The molecule has 6 nitrogen and oxygen atoms in total. The number of carbonyl (C=O) groups is 3. The van der Waals surface area contributed by atoms with Crippen LogP contribution >= 0.6 is 0 Å². The maximum absolute atomic E-state index is 14.6. The summed E-state index contributed by atoms with van der Waals surface area (Å²) in [4.78, 5) is 37.4. The summed E-state index contributed by atoms with van der Waals surface area (Å²) in [7, 11) is 0. The number of hydrogen-bond donors (Lipinski definition) is 0. The van der Waals surface area contributed by atoms with Gasteiger partial charge < -0.3 is 14.2 Å². The summed E-state index contributed by atoms with van der Waals surface area (Å²) >= 11 is 0. The van der Waals surface area contributed by atoms with Crippen LogP contribution in [0.2, 0.25) is 0 Å². The van der Waals surface area contributed by atoms with Crippen LogP contribution in [0.4, 0.5) is 8.78 Å². The van der Waals surface area contributed by atoms with Crippen molar-refractivity contribution in [2.45, 2.75) is 18.1 Å². The lowest BCUT2D eigenvalue weighted by Crippen LogP contribution is -2.43. The standard InChI is InChI=1S/C27H18F2O6/c28-27(29)23(35-25(31)21-14-6-10-17-8-2-4-12-19(17)21)22(34-26(27)32)15-33-24(30)20-13-5-9-16-7-1-3-11-18(16)20/h1-14,22-23H,15H2/t22-,23-/m1/s1. The first-order chi connectivity index (χ1) is 16.9. The van der Waals surface area contributed by atoms with Gasteiger partial charge in [-0.3, -0.25) is 0 Å². The van der Waals surface area contributed by atoms with E-state index in [9.17, 15) is 23.2 Å². The molecular weight excluding hydrogens is 458 g/mol. The Labute approximate surface area is 198 Å². The molecule has 1 saturated heterocycles. The smallest absolute Gasteiger partial charge is 0.382 e. The minimum atomic E-state index is -4.10. The van der Waals surface area contributed by atoms with Gasteiger partial charge >= 0.3 is 23.8 Å². The molecule has 5 rings (SSSR count). The number of benzene rings is 4. The highest BCUT2D eigenvalue weighted by atomic mass is 19.3. The lowest BCUT2D eigenvalue weighted by atomic mass is 10.0. The van der Waals surface area contributed by atoms with Gasteiger partial charge in [0.1, 0.15) is 6.61 Å². The van der Waals surface area contributed by atoms with Crippen molar-refractivity contribution in [2.24, 2.45) is 0 Å². The molecule has 0 amide bonds. The summed E-state index contributed by atoms with van der Waals surface area (Å²) in [6.45, 7) is -0.711. The molecule has 0 aromatic heterocycles. The molecule has 2 atom stereocenters. The highest BCUT2D eigenvalue weighted by Crippen LogP contribution is 2.35. The summed E-state index contributed by atoms with van der Waals surface area (Å²) in [5.41, 5.74) is 0.285. The van der Waals surface area contributed by atoms with Crippen molar-refractivity contribution in [1.29, 1.82) is 0 Å². The van der Waals surface area contributed by atoms with E-state index in [0.29, 0.717) is 16.2 Å². The predicted octanol–water partition coefficient (Wildman–Crippen LogP) is 4.94. The summed E-state index contributed by atoms with van der Waals surface area (Å²) in [6.07, 6.45) is -3.93. The van der Waals surface area contributed by atoms with E-state index >= 15 is 0 Å². The number of esters is 3. The van der Waals surface area contributed by atoms with E-state index in [2.05, 4.69) is 0 Å². The molecule has 0 radical (unpaired) electrons. The fourth-order valence-electron chi connectivity index (χ4n) is 4.12. The van der Waals surface area contributed by atoms with Crippen molar-refractivity contribution in [2.75, 3.05) is 6.61 Å².